The SMILES string of the molecule is CC(=O)NC(c1ccc(F)cc1)(c1ccc(F)cc1)C(F)(F)F. The van der Waals surface area contributed by atoms with Crippen molar-refractivity contribution in [2.45, 2.75) is 18.6 Å². The minimum absolute atomic E-state index is 0.381. The lowest BCUT2D eigenvalue weighted by Crippen LogP contribution is -2.56. The molecule has 0 spiro atoms. The average molecular weight is 329 g/mol. The maximum atomic E-state index is 13.9. The van der Waals surface area contributed by atoms with Crippen LogP contribution in [0.4, 0.5) is 22.0 Å². The van der Waals surface area contributed by atoms with Crippen LogP contribution in [-0.2, 0) is 10.3 Å². The second-order valence-electron chi connectivity index (χ2n) is 4.94. The predicted octanol–water partition coefficient (Wildman–Crippen LogP) is 3.91. The van der Waals surface area contributed by atoms with E-state index in [9.17, 15) is 26.7 Å². The van der Waals surface area contributed by atoms with Gasteiger partial charge in [0.1, 0.15) is 11.6 Å². The first kappa shape index (κ1) is 16.9. The normalized spacial score (nSPS) is 12.1. The molecule has 7 heteroatoms. The van der Waals surface area contributed by atoms with Crippen LogP contribution in [0.1, 0.15) is 18.1 Å². The third kappa shape index (κ3) is 3.18. The number of rotatable bonds is 3. The van der Waals surface area contributed by atoms with Crippen LogP contribution in [0.15, 0.2) is 48.5 Å². The Morgan fingerprint density at radius 2 is 1.17 bits per heavy atom. The highest BCUT2D eigenvalue weighted by atomic mass is 19.4. The molecule has 122 valence electrons. The van der Waals surface area contributed by atoms with Gasteiger partial charge in [-0.05, 0) is 35.4 Å². The highest BCUT2D eigenvalue weighted by Gasteiger charge is 2.58. The van der Waals surface area contributed by atoms with Gasteiger partial charge in [0, 0.05) is 6.92 Å². The van der Waals surface area contributed by atoms with E-state index in [1.165, 1.54) is 0 Å². The van der Waals surface area contributed by atoms with Crippen LogP contribution in [0.2, 0.25) is 0 Å². The fourth-order valence-corrected chi connectivity index (χ4v) is 2.37. The van der Waals surface area contributed by atoms with Gasteiger partial charge in [0.05, 0.1) is 0 Å². The van der Waals surface area contributed by atoms with Gasteiger partial charge in [0.2, 0.25) is 5.91 Å². The molecule has 0 saturated carbocycles. The van der Waals surface area contributed by atoms with Crippen molar-refractivity contribution in [2.24, 2.45) is 0 Å². The van der Waals surface area contributed by atoms with E-state index in [1.807, 2.05) is 5.32 Å². The Balaban J connectivity index is 2.76. The highest BCUT2D eigenvalue weighted by Crippen LogP contribution is 2.44. The smallest absolute Gasteiger partial charge is 0.335 e. The van der Waals surface area contributed by atoms with Crippen molar-refractivity contribution in [2.75, 3.05) is 0 Å². The standard InChI is InChI=1S/C16H12F5NO/c1-10(23)22-15(16(19,20)21,11-2-6-13(17)7-3-11)12-4-8-14(18)9-5-12/h2-9H,1H3,(H,22,23). The van der Waals surface area contributed by atoms with Crippen LogP contribution < -0.4 is 5.32 Å². The molecule has 0 aromatic heterocycles. The molecular formula is C16H12F5NO. The van der Waals surface area contributed by atoms with Crippen LogP contribution in [0.3, 0.4) is 0 Å². The third-order valence-electron chi connectivity index (χ3n) is 3.34. The molecule has 2 nitrogen and oxygen atoms in total. The Kier molecular flexibility index (Phi) is 4.40. The molecule has 23 heavy (non-hydrogen) atoms. The van der Waals surface area contributed by atoms with Crippen LogP contribution in [0.5, 0.6) is 0 Å². The van der Waals surface area contributed by atoms with Gasteiger partial charge in [-0.3, -0.25) is 4.79 Å². The summed E-state index contributed by atoms with van der Waals surface area (Å²) in [5, 5.41) is 1.90. The summed E-state index contributed by atoms with van der Waals surface area (Å²) < 4.78 is 67.9. The molecule has 0 aliphatic rings. The Labute approximate surface area is 128 Å². The van der Waals surface area contributed by atoms with Gasteiger partial charge in [-0.15, -0.1) is 0 Å². The van der Waals surface area contributed by atoms with E-state index in [4.69, 9.17) is 0 Å². The van der Waals surface area contributed by atoms with Gasteiger partial charge in [-0.25, -0.2) is 8.78 Å². The molecule has 0 saturated heterocycles. The number of hydrogen-bond acceptors (Lipinski definition) is 1. The number of carbonyl (C=O) groups excluding carboxylic acids is 1. The van der Waals surface area contributed by atoms with Crippen LogP contribution in [-0.4, -0.2) is 12.1 Å². The third-order valence-corrected chi connectivity index (χ3v) is 3.34. The molecule has 0 radical (unpaired) electrons. The topological polar surface area (TPSA) is 29.1 Å². The maximum Gasteiger partial charge on any atom is 0.420 e. The van der Waals surface area contributed by atoms with Gasteiger partial charge in [-0.2, -0.15) is 13.2 Å². The first-order valence-corrected chi connectivity index (χ1v) is 6.54. The zero-order valence-electron chi connectivity index (χ0n) is 11.9. The van der Waals surface area contributed by atoms with Crippen molar-refractivity contribution < 1.29 is 26.7 Å². The summed E-state index contributed by atoms with van der Waals surface area (Å²) in [5.41, 5.74) is -3.67. The summed E-state index contributed by atoms with van der Waals surface area (Å²) in [6.07, 6.45) is -4.94. The van der Waals surface area contributed by atoms with Crippen molar-refractivity contribution in [1.82, 2.24) is 5.32 Å². The molecule has 1 N–H and O–H groups in total. The van der Waals surface area contributed by atoms with Crippen LogP contribution in [0.25, 0.3) is 0 Å². The number of benzene rings is 2. The summed E-state index contributed by atoms with van der Waals surface area (Å²) in [5.74, 6) is -2.37. The zero-order valence-corrected chi connectivity index (χ0v) is 11.9. The molecular weight excluding hydrogens is 317 g/mol. The molecule has 0 aliphatic heterocycles. The van der Waals surface area contributed by atoms with E-state index < -0.39 is 29.3 Å². The number of halogens is 5. The van der Waals surface area contributed by atoms with Crippen LogP contribution >= 0.6 is 0 Å². The summed E-state index contributed by atoms with van der Waals surface area (Å²) >= 11 is 0. The van der Waals surface area contributed by atoms with Crippen molar-refractivity contribution >= 4 is 5.91 Å². The Hall–Kier alpha value is -2.44. The van der Waals surface area contributed by atoms with E-state index in [-0.39, 0.29) is 11.1 Å². The number of hydrogen-bond donors (Lipinski definition) is 1. The number of amides is 1. The number of alkyl halides is 3. The van der Waals surface area contributed by atoms with E-state index in [2.05, 4.69) is 0 Å². The average Bonchev–Trinajstić information content (AvgIpc) is 2.45. The molecule has 0 heterocycles. The minimum Gasteiger partial charge on any atom is -0.335 e. The first-order chi connectivity index (χ1) is 10.7. The fraction of sp³-hybridized carbons (Fsp3) is 0.188. The van der Waals surface area contributed by atoms with Crippen molar-refractivity contribution in [3.63, 3.8) is 0 Å². The number of carbonyl (C=O) groups is 1. The molecule has 0 aliphatic carbocycles. The fourth-order valence-electron chi connectivity index (χ4n) is 2.37. The summed E-state index contributed by atoms with van der Waals surface area (Å²) in [4.78, 5) is 11.4. The molecule has 2 aromatic rings. The Morgan fingerprint density at radius 1 is 0.826 bits per heavy atom. The molecule has 0 unspecified atom stereocenters. The second kappa shape index (κ2) is 5.98. The predicted molar refractivity (Wildman–Crippen MR) is 73.5 cm³/mol. The monoisotopic (exact) mass is 329 g/mol. The lowest BCUT2D eigenvalue weighted by molar-refractivity contribution is -0.189. The molecule has 2 aromatic carbocycles. The maximum absolute atomic E-state index is 13.9. The summed E-state index contributed by atoms with van der Waals surface area (Å²) in [6.45, 7) is 0.938. The quantitative estimate of drug-likeness (QED) is 0.850. The highest BCUT2D eigenvalue weighted by molar-refractivity contribution is 5.75. The van der Waals surface area contributed by atoms with E-state index >= 15 is 0 Å². The Morgan fingerprint density at radius 3 is 1.43 bits per heavy atom. The largest absolute Gasteiger partial charge is 0.420 e. The molecule has 0 atom stereocenters. The van der Waals surface area contributed by atoms with Crippen molar-refractivity contribution in [1.29, 1.82) is 0 Å². The van der Waals surface area contributed by atoms with Gasteiger partial charge in [0.25, 0.3) is 0 Å². The van der Waals surface area contributed by atoms with Crippen LogP contribution in [0, 0.1) is 11.6 Å². The van der Waals surface area contributed by atoms with Gasteiger partial charge in [-0.1, -0.05) is 24.3 Å². The van der Waals surface area contributed by atoms with Crippen molar-refractivity contribution in [3.8, 4) is 0 Å². The molecule has 2 rings (SSSR count). The molecule has 0 bridgehead atoms. The zero-order chi connectivity index (χ0) is 17.3. The lowest BCUT2D eigenvalue weighted by atomic mass is 9.81. The summed E-state index contributed by atoms with van der Waals surface area (Å²) in [7, 11) is 0. The van der Waals surface area contributed by atoms with Gasteiger partial charge >= 0.3 is 6.18 Å². The van der Waals surface area contributed by atoms with E-state index in [0.717, 1.165) is 55.5 Å². The minimum atomic E-state index is -4.94. The first-order valence-electron chi connectivity index (χ1n) is 6.54. The number of nitrogens with one attached hydrogen (secondary N) is 1. The second-order valence-corrected chi connectivity index (χ2v) is 4.94. The van der Waals surface area contributed by atoms with E-state index in [1.54, 1.807) is 0 Å². The summed E-state index contributed by atoms with van der Waals surface area (Å²) in [6, 6.07) is 7.18. The van der Waals surface area contributed by atoms with Crippen molar-refractivity contribution in [3.05, 3.63) is 71.3 Å². The van der Waals surface area contributed by atoms with Gasteiger partial charge in [0.15, 0.2) is 5.54 Å². The van der Waals surface area contributed by atoms with E-state index in [0.29, 0.717) is 0 Å². The molecule has 1 amide bonds. The molecule has 0 fully saturated rings. The Bertz CT molecular complexity index is 646. The lowest BCUT2D eigenvalue weighted by Gasteiger charge is -2.37. The van der Waals surface area contributed by atoms with Gasteiger partial charge < -0.3 is 5.32 Å².